The Balaban J connectivity index is 1.57. The number of hydrogen-bond donors (Lipinski definition) is 1. The molecule has 152 valence electrons. The number of nitrogens with one attached hydrogen (secondary N) is 1. The molecule has 4 rings (SSSR count). The Hall–Kier alpha value is -4.21. The Morgan fingerprint density at radius 2 is 1.67 bits per heavy atom. The Morgan fingerprint density at radius 1 is 1.00 bits per heavy atom. The Bertz CT molecular complexity index is 1100. The zero-order chi connectivity index (χ0) is 21.1. The van der Waals surface area contributed by atoms with E-state index in [0.717, 1.165) is 5.69 Å². The standard InChI is InChI=1S/C20H17N5O5/c1-20(2)29-17(26)14(18(27)30-20)12-21-15-10-6-7-11-16(15)28-19-22-23-24-25(19)13-8-4-3-5-9-13/h3-12,21H,1-2H3. The topological polar surface area (TPSA) is 117 Å². The predicted octanol–water partition coefficient (Wildman–Crippen LogP) is 2.59. The number of benzene rings is 2. The van der Waals surface area contributed by atoms with Crippen LogP contribution in [-0.2, 0) is 19.1 Å². The fraction of sp³-hybridized carbons (Fsp3) is 0.150. The lowest BCUT2D eigenvalue weighted by Crippen LogP contribution is -2.42. The van der Waals surface area contributed by atoms with Gasteiger partial charge < -0.3 is 19.5 Å². The number of anilines is 1. The fourth-order valence-corrected chi connectivity index (χ4v) is 2.68. The second-order valence-corrected chi connectivity index (χ2v) is 6.69. The van der Waals surface area contributed by atoms with Crippen molar-refractivity contribution < 1.29 is 23.8 Å². The molecule has 1 aliphatic rings. The summed E-state index contributed by atoms with van der Waals surface area (Å²) in [6.07, 6.45) is 1.21. The number of carbonyl (C=O) groups is 2. The summed E-state index contributed by atoms with van der Waals surface area (Å²) in [5.74, 6) is -2.49. The van der Waals surface area contributed by atoms with Gasteiger partial charge in [-0.1, -0.05) is 35.4 Å². The SMILES string of the molecule is CC1(C)OC(=O)C(=CNc2ccccc2Oc2nnnn2-c2ccccc2)C(=O)O1. The molecule has 0 bridgehead atoms. The average molecular weight is 407 g/mol. The minimum absolute atomic E-state index is 0.140. The molecule has 0 atom stereocenters. The summed E-state index contributed by atoms with van der Waals surface area (Å²) in [5.41, 5.74) is 0.927. The normalized spacial score (nSPS) is 15.2. The van der Waals surface area contributed by atoms with E-state index in [0.29, 0.717) is 11.4 Å². The minimum Gasteiger partial charge on any atom is -0.421 e. The van der Waals surface area contributed by atoms with Crippen LogP contribution in [-0.4, -0.2) is 37.9 Å². The van der Waals surface area contributed by atoms with Crippen molar-refractivity contribution in [2.75, 3.05) is 5.32 Å². The highest BCUT2D eigenvalue weighted by Gasteiger charge is 2.39. The molecule has 2 heterocycles. The van der Waals surface area contributed by atoms with Crippen molar-refractivity contribution in [1.29, 1.82) is 0 Å². The third kappa shape index (κ3) is 3.97. The van der Waals surface area contributed by atoms with Gasteiger partial charge in [-0.25, -0.2) is 9.59 Å². The first-order valence-corrected chi connectivity index (χ1v) is 8.97. The largest absolute Gasteiger partial charge is 0.421 e. The number of hydrogen-bond acceptors (Lipinski definition) is 9. The summed E-state index contributed by atoms with van der Waals surface area (Å²) < 4.78 is 17.5. The van der Waals surface area contributed by atoms with Gasteiger partial charge in [0, 0.05) is 20.0 Å². The van der Waals surface area contributed by atoms with E-state index in [9.17, 15) is 9.59 Å². The second-order valence-electron chi connectivity index (χ2n) is 6.69. The number of tetrazole rings is 1. The maximum Gasteiger partial charge on any atom is 0.350 e. The van der Waals surface area contributed by atoms with E-state index in [1.807, 2.05) is 30.3 Å². The van der Waals surface area contributed by atoms with Crippen molar-refractivity contribution >= 4 is 17.6 Å². The van der Waals surface area contributed by atoms with Gasteiger partial charge in [-0.2, -0.15) is 4.68 Å². The molecule has 10 heteroatoms. The van der Waals surface area contributed by atoms with Gasteiger partial charge in [0.2, 0.25) is 0 Å². The first kappa shape index (κ1) is 19.1. The molecule has 1 aliphatic heterocycles. The molecule has 3 aromatic rings. The Labute approximate surface area is 171 Å². The molecule has 0 unspecified atom stereocenters. The van der Waals surface area contributed by atoms with Gasteiger partial charge in [0.15, 0.2) is 11.3 Å². The van der Waals surface area contributed by atoms with Gasteiger partial charge in [0.1, 0.15) is 0 Å². The molecule has 0 radical (unpaired) electrons. The number of nitrogens with zero attached hydrogens (tertiary/aromatic N) is 4. The first-order chi connectivity index (χ1) is 14.4. The molecule has 1 fully saturated rings. The summed E-state index contributed by atoms with van der Waals surface area (Å²) in [6.45, 7) is 2.96. The molecule has 0 aliphatic carbocycles. The number of aromatic nitrogens is 4. The van der Waals surface area contributed by atoms with Crippen LogP contribution in [0, 0.1) is 0 Å². The van der Waals surface area contributed by atoms with E-state index in [4.69, 9.17) is 14.2 Å². The van der Waals surface area contributed by atoms with Gasteiger partial charge in [-0.05, 0) is 34.7 Å². The first-order valence-electron chi connectivity index (χ1n) is 8.97. The molecule has 1 aromatic heterocycles. The highest BCUT2D eigenvalue weighted by atomic mass is 16.7. The fourth-order valence-electron chi connectivity index (χ4n) is 2.68. The van der Waals surface area contributed by atoms with Crippen molar-refractivity contribution in [1.82, 2.24) is 20.2 Å². The summed E-state index contributed by atoms with van der Waals surface area (Å²) in [5, 5.41) is 14.4. The van der Waals surface area contributed by atoms with Gasteiger partial charge in [0.25, 0.3) is 5.79 Å². The zero-order valence-corrected chi connectivity index (χ0v) is 16.1. The van der Waals surface area contributed by atoms with Gasteiger partial charge in [-0.3, -0.25) is 0 Å². The number of rotatable bonds is 5. The zero-order valence-electron chi connectivity index (χ0n) is 16.1. The molecule has 1 N–H and O–H groups in total. The van der Waals surface area contributed by atoms with E-state index in [1.54, 1.807) is 24.3 Å². The number of ether oxygens (including phenoxy) is 3. The summed E-state index contributed by atoms with van der Waals surface area (Å²) in [7, 11) is 0. The maximum atomic E-state index is 12.1. The Kier molecular flexibility index (Phi) is 4.88. The van der Waals surface area contributed by atoms with Crippen LogP contribution in [0.1, 0.15) is 13.8 Å². The van der Waals surface area contributed by atoms with Crippen LogP contribution in [0.5, 0.6) is 11.8 Å². The predicted molar refractivity (Wildman–Crippen MR) is 104 cm³/mol. The second kappa shape index (κ2) is 7.66. The highest BCUT2D eigenvalue weighted by molar-refractivity contribution is 6.15. The molecule has 0 saturated carbocycles. The number of para-hydroxylation sites is 3. The van der Waals surface area contributed by atoms with Crippen molar-refractivity contribution in [2.24, 2.45) is 0 Å². The van der Waals surface area contributed by atoms with Gasteiger partial charge >= 0.3 is 17.9 Å². The molecule has 10 nitrogen and oxygen atoms in total. The minimum atomic E-state index is -1.30. The Morgan fingerprint density at radius 3 is 2.40 bits per heavy atom. The summed E-state index contributed by atoms with van der Waals surface area (Å²) in [6, 6.07) is 16.3. The van der Waals surface area contributed by atoms with Crippen molar-refractivity contribution in [3.05, 3.63) is 66.4 Å². The van der Waals surface area contributed by atoms with E-state index in [2.05, 4.69) is 20.8 Å². The monoisotopic (exact) mass is 407 g/mol. The lowest BCUT2D eigenvalue weighted by atomic mass is 10.2. The van der Waals surface area contributed by atoms with Crippen LogP contribution in [0.2, 0.25) is 0 Å². The van der Waals surface area contributed by atoms with Crippen molar-refractivity contribution in [3.8, 4) is 17.4 Å². The van der Waals surface area contributed by atoms with Gasteiger partial charge in [0.05, 0.1) is 11.4 Å². The average Bonchev–Trinajstić information content (AvgIpc) is 3.16. The molecule has 1 saturated heterocycles. The van der Waals surface area contributed by atoms with Crippen LogP contribution in [0.4, 0.5) is 5.69 Å². The summed E-state index contributed by atoms with van der Waals surface area (Å²) in [4.78, 5) is 24.2. The van der Waals surface area contributed by atoms with Crippen LogP contribution < -0.4 is 10.1 Å². The molecule has 2 aromatic carbocycles. The van der Waals surface area contributed by atoms with E-state index in [-0.39, 0.29) is 11.6 Å². The third-order valence-electron chi connectivity index (χ3n) is 4.02. The molecule has 30 heavy (non-hydrogen) atoms. The molecular formula is C20H17N5O5. The van der Waals surface area contributed by atoms with Crippen LogP contribution >= 0.6 is 0 Å². The van der Waals surface area contributed by atoms with Gasteiger partial charge in [-0.15, -0.1) is 0 Å². The van der Waals surface area contributed by atoms with E-state index < -0.39 is 17.7 Å². The third-order valence-corrected chi connectivity index (χ3v) is 4.02. The number of carbonyl (C=O) groups excluding carboxylic acids is 2. The van der Waals surface area contributed by atoms with Crippen LogP contribution in [0.25, 0.3) is 5.69 Å². The molecular weight excluding hydrogens is 390 g/mol. The molecule has 0 spiro atoms. The van der Waals surface area contributed by atoms with Crippen LogP contribution in [0.15, 0.2) is 66.4 Å². The molecule has 0 amide bonds. The van der Waals surface area contributed by atoms with E-state index >= 15 is 0 Å². The smallest absolute Gasteiger partial charge is 0.350 e. The van der Waals surface area contributed by atoms with Crippen LogP contribution in [0.3, 0.4) is 0 Å². The number of esters is 2. The lowest BCUT2D eigenvalue weighted by molar-refractivity contribution is -0.222. The lowest BCUT2D eigenvalue weighted by Gasteiger charge is -2.29. The van der Waals surface area contributed by atoms with Crippen molar-refractivity contribution in [2.45, 2.75) is 19.6 Å². The van der Waals surface area contributed by atoms with E-state index in [1.165, 1.54) is 24.7 Å². The number of cyclic esters (lactones) is 2. The van der Waals surface area contributed by atoms with Crippen molar-refractivity contribution in [3.63, 3.8) is 0 Å². The maximum absolute atomic E-state index is 12.1. The quantitative estimate of drug-likeness (QED) is 0.387. The highest BCUT2D eigenvalue weighted by Crippen LogP contribution is 2.30. The summed E-state index contributed by atoms with van der Waals surface area (Å²) >= 11 is 0.